The zero-order valence-electron chi connectivity index (χ0n) is 10.4. The lowest BCUT2D eigenvalue weighted by Gasteiger charge is -2.23. The molecule has 0 bridgehead atoms. The first kappa shape index (κ1) is 13.2. The molecule has 0 N–H and O–H groups in total. The SMILES string of the molecule is CN(C(=O)OC(C)(C)C)C(=O)c1ccccn1. The minimum Gasteiger partial charge on any atom is -0.443 e. The van der Waals surface area contributed by atoms with Gasteiger partial charge in [-0.1, -0.05) is 6.07 Å². The Balaban J connectivity index is 2.74. The third-order valence-electron chi connectivity index (χ3n) is 1.86. The zero-order valence-corrected chi connectivity index (χ0v) is 10.4. The van der Waals surface area contributed by atoms with Crippen LogP contribution in [-0.2, 0) is 4.74 Å². The van der Waals surface area contributed by atoms with E-state index in [1.807, 2.05) is 0 Å². The molecule has 0 radical (unpaired) electrons. The molecule has 0 atom stereocenters. The summed E-state index contributed by atoms with van der Waals surface area (Å²) >= 11 is 0. The Bertz CT molecular complexity index is 410. The topological polar surface area (TPSA) is 59.5 Å². The van der Waals surface area contributed by atoms with E-state index >= 15 is 0 Å². The van der Waals surface area contributed by atoms with Crippen molar-refractivity contribution in [1.29, 1.82) is 0 Å². The van der Waals surface area contributed by atoms with Crippen molar-refractivity contribution in [3.05, 3.63) is 30.1 Å². The predicted molar refractivity (Wildman–Crippen MR) is 62.6 cm³/mol. The van der Waals surface area contributed by atoms with Crippen molar-refractivity contribution in [3.63, 3.8) is 0 Å². The van der Waals surface area contributed by atoms with Gasteiger partial charge >= 0.3 is 6.09 Å². The van der Waals surface area contributed by atoms with Gasteiger partial charge in [-0.3, -0.25) is 9.78 Å². The summed E-state index contributed by atoms with van der Waals surface area (Å²) in [6.07, 6.45) is 0.809. The summed E-state index contributed by atoms with van der Waals surface area (Å²) in [5, 5.41) is 0. The number of nitrogens with zero attached hydrogens (tertiary/aromatic N) is 2. The van der Waals surface area contributed by atoms with Crippen LogP contribution in [0, 0.1) is 0 Å². The number of pyridine rings is 1. The summed E-state index contributed by atoms with van der Waals surface area (Å²) in [5.41, 5.74) is -0.420. The molecular formula is C12H16N2O3. The maximum atomic E-state index is 11.8. The largest absolute Gasteiger partial charge is 0.443 e. The molecule has 1 aromatic rings. The number of hydrogen-bond donors (Lipinski definition) is 0. The van der Waals surface area contributed by atoms with Gasteiger partial charge in [0.1, 0.15) is 11.3 Å². The average molecular weight is 236 g/mol. The van der Waals surface area contributed by atoms with E-state index in [4.69, 9.17) is 4.74 Å². The molecule has 0 spiro atoms. The minimum absolute atomic E-state index is 0.209. The van der Waals surface area contributed by atoms with Crippen molar-refractivity contribution in [2.24, 2.45) is 0 Å². The molecule has 0 fully saturated rings. The first-order valence-electron chi connectivity index (χ1n) is 5.23. The number of carbonyl (C=O) groups is 2. The Hall–Kier alpha value is -1.91. The number of imide groups is 1. The van der Waals surface area contributed by atoms with E-state index in [1.54, 1.807) is 39.0 Å². The van der Waals surface area contributed by atoms with Gasteiger partial charge < -0.3 is 4.74 Å². The molecule has 1 rings (SSSR count). The van der Waals surface area contributed by atoms with Crippen molar-refractivity contribution in [2.45, 2.75) is 26.4 Å². The normalized spacial score (nSPS) is 10.8. The molecule has 0 aliphatic carbocycles. The molecule has 2 amide bonds. The minimum atomic E-state index is -0.687. The first-order valence-corrected chi connectivity index (χ1v) is 5.23. The smallest absolute Gasteiger partial charge is 0.417 e. The van der Waals surface area contributed by atoms with Gasteiger partial charge in [-0.2, -0.15) is 0 Å². The highest BCUT2D eigenvalue weighted by Crippen LogP contribution is 2.10. The van der Waals surface area contributed by atoms with Crippen LogP contribution >= 0.6 is 0 Å². The number of amides is 2. The number of aromatic nitrogens is 1. The van der Waals surface area contributed by atoms with Gasteiger partial charge in [0, 0.05) is 13.2 Å². The fraction of sp³-hybridized carbons (Fsp3) is 0.417. The van der Waals surface area contributed by atoms with Crippen LogP contribution in [0.4, 0.5) is 4.79 Å². The van der Waals surface area contributed by atoms with Gasteiger partial charge in [0.05, 0.1) is 0 Å². The molecule has 17 heavy (non-hydrogen) atoms. The van der Waals surface area contributed by atoms with Gasteiger partial charge in [-0.15, -0.1) is 0 Å². The van der Waals surface area contributed by atoms with E-state index in [9.17, 15) is 9.59 Å². The monoisotopic (exact) mass is 236 g/mol. The van der Waals surface area contributed by atoms with Gasteiger partial charge in [-0.05, 0) is 32.9 Å². The lowest BCUT2D eigenvalue weighted by molar-refractivity contribution is 0.0283. The maximum Gasteiger partial charge on any atom is 0.417 e. The van der Waals surface area contributed by atoms with E-state index < -0.39 is 17.6 Å². The van der Waals surface area contributed by atoms with Crippen molar-refractivity contribution in [2.75, 3.05) is 7.05 Å². The van der Waals surface area contributed by atoms with Crippen molar-refractivity contribution < 1.29 is 14.3 Å². The standard InChI is InChI=1S/C12H16N2O3/c1-12(2,3)17-11(16)14(4)10(15)9-7-5-6-8-13-9/h5-8H,1-4H3. The molecule has 0 aliphatic rings. The molecular weight excluding hydrogens is 220 g/mol. The van der Waals surface area contributed by atoms with Gasteiger partial charge in [0.2, 0.25) is 0 Å². The second-order valence-electron chi connectivity index (χ2n) is 4.56. The summed E-state index contributed by atoms with van der Waals surface area (Å²) in [6, 6.07) is 4.93. The van der Waals surface area contributed by atoms with E-state index in [1.165, 1.54) is 13.2 Å². The van der Waals surface area contributed by atoms with Crippen LogP contribution in [0.25, 0.3) is 0 Å². The molecule has 5 heteroatoms. The highest BCUT2D eigenvalue weighted by atomic mass is 16.6. The first-order chi connectivity index (χ1) is 7.81. The van der Waals surface area contributed by atoms with Crippen LogP contribution in [-0.4, -0.2) is 34.5 Å². The quantitative estimate of drug-likeness (QED) is 0.749. The number of carbonyl (C=O) groups excluding carboxylic acids is 2. The van der Waals surface area contributed by atoms with Crippen molar-refractivity contribution >= 4 is 12.0 Å². The Labute approximate surface area is 100 Å². The molecule has 0 aliphatic heterocycles. The van der Waals surface area contributed by atoms with Crippen LogP contribution in [0.5, 0.6) is 0 Å². The fourth-order valence-electron chi connectivity index (χ4n) is 1.07. The summed E-state index contributed by atoms with van der Waals surface area (Å²) in [6.45, 7) is 5.22. The highest BCUT2D eigenvalue weighted by molar-refractivity contribution is 6.01. The third-order valence-corrected chi connectivity index (χ3v) is 1.86. The molecule has 0 unspecified atom stereocenters. The Morgan fingerprint density at radius 1 is 1.29 bits per heavy atom. The lowest BCUT2D eigenvalue weighted by atomic mass is 10.2. The van der Waals surface area contributed by atoms with E-state index in [2.05, 4.69) is 4.98 Å². The summed E-state index contributed by atoms with van der Waals surface area (Å²) < 4.78 is 5.08. The molecule has 0 aromatic carbocycles. The summed E-state index contributed by atoms with van der Waals surface area (Å²) in [7, 11) is 1.37. The highest BCUT2D eigenvalue weighted by Gasteiger charge is 2.25. The Kier molecular flexibility index (Phi) is 3.83. The Morgan fingerprint density at radius 3 is 2.41 bits per heavy atom. The average Bonchev–Trinajstić information content (AvgIpc) is 2.26. The number of hydrogen-bond acceptors (Lipinski definition) is 4. The van der Waals surface area contributed by atoms with E-state index in [0.717, 1.165) is 4.90 Å². The fourth-order valence-corrected chi connectivity index (χ4v) is 1.07. The molecule has 1 aromatic heterocycles. The van der Waals surface area contributed by atoms with Crippen molar-refractivity contribution in [3.8, 4) is 0 Å². The number of rotatable bonds is 1. The number of ether oxygens (including phenoxy) is 1. The lowest BCUT2D eigenvalue weighted by Crippen LogP contribution is -2.38. The van der Waals surface area contributed by atoms with Crippen LogP contribution in [0.1, 0.15) is 31.3 Å². The van der Waals surface area contributed by atoms with Gasteiger partial charge in [0.25, 0.3) is 5.91 Å². The molecule has 5 nitrogen and oxygen atoms in total. The second-order valence-corrected chi connectivity index (χ2v) is 4.56. The zero-order chi connectivity index (χ0) is 13.1. The summed E-state index contributed by atoms with van der Waals surface area (Å²) in [5.74, 6) is -0.486. The maximum absolute atomic E-state index is 11.8. The van der Waals surface area contributed by atoms with Crippen LogP contribution < -0.4 is 0 Å². The third kappa shape index (κ3) is 3.86. The van der Waals surface area contributed by atoms with Gasteiger partial charge in [0.15, 0.2) is 0 Å². The molecule has 0 saturated carbocycles. The van der Waals surface area contributed by atoms with Gasteiger partial charge in [-0.25, -0.2) is 9.69 Å². The molecule has 92 valence electrons. The summed E-state index contributed by atoms with van der Waals surface area (Å²) in [4.78, 5) is 28.3. The van der Waals surface area contributed by atoms with Crippen LogP contribution in [0.3, 0.4) is 0 Å². The second kappa shape index (κ2) is 4.95. The predicted octanol–water partition coefficient (Wildman–Crippen LogP) is 2.09. The van der Waals surface area contributed by atoms with E-state index in [0.29, 0.717) is 0 Å². The molecule has 0 saturated heterocycles. The van der Waals surface area contributed by atoms with Crippen LogP contribution in [0.2, 0.25) is 0 Å². The van der Waals surface area contributed by atoms with Crippen LogP contribution in [0.15, 0.2) is 24.4 Å². The Morgan fingerprint density at radius 2 is 1.94 bits per heavy atom. The van der Waals surface area contributed by atoms with Crippen molar-refractivity contribution in [1.82, 2.24) is 9.88 Å². The van der Waals surface area contributed by atoms with E-state index in [-0.39, 0.29) is 5.69 Å². The molecule has 1 heterocycles.